The van der Waals surface area contributed by atoms with Crippen LogP contribution in [0.1, 0.15) is 24.6 Å². The third-order valence-electron chi connectivity index (χ3n) is 4.29. The van der Waals surface area contributed by atoms with E-state index >= 15 is 0 Å². The van der Waals surface area contributed by atoms with Gasteiger partial charge in [0, 0.05) is 32.3 Å². The maximum atomic E-state index is 5.69. The Morgan fingerprint density at radius 2 is 2.35 bits per heavy atom. The van der Waals surface area contributed by atoms with Crippen LogP contribution in [0.3, 0.4) is 0 Å². The number of methoxy groups -OCH3 is 1. The van der Waals surface area contributed by atoms with E-state index in [4.69, 9.17) is 15.0 Å². The predicted molar refractivity (Wildman–Crippen MR) is 84.8 cm³/mol. The number of nitrogen functional groups attached to an aromatic ring is 1. The van der Waals surface area contributed by atoms with Crippen molar-refractivity contribution >= 4 is 5.82 Å². The standard InChI is InChI=1S/C15H24N6O2/c1-11-17-15(23-19-11)4-3-6-20-10-13(22-2)8-12(20)9-21-7-5-14(16)18-21/h5,7,12-13H,3-4,6,8-10H2,1-2H3,(H2,16,18)/t12-,13+/m0/s1. The first-order valence-corrected chi connectivity index (χ1v) is 7.99. The first-order chi connectivity index (χ1) is 11.1. The molecular formula is C15H24N6O2. The molecule has 8 heteroatoms. The Balaban J connectivity index is 1.54. The van der Waals surface area contributed by atoms with Crippen LogP contribution in [-0.2, 0) is 17.7 Å². The second kappa shape index (κ2) is 7.10. The SMILES string of the molecule is CO[C@@H]1C[C@@H](Cn2ccc(N)n2)N(CCCc2nc(C)no2)C1. The molecule has 0 spiro atoms. The van der Waals surface area contributed by atoms with E-state index in [1.807, 2.05) is 23.9 Å². The Labute approximate surface area is 135 Å². The van der Waals surface area contributed by atoms with Crippen LogP contribution >= 0.6 is 0 Å². The van der Waals surface area contributed by atoms with Gasteiger partial charge in [-0.2, -0.15) is 10.1 Å². The minimum Gasteiger partial charge on any atom is -0.382 e. The highest BCUT2D eigenvalue weighted by Gasteiger charge is 2.32. The summed E-state index contributed by atoms with van der Waals surface area (Å²) in [6, 6.07) is 2.23. The summed E-state index contributed by atoms with van der Waals surface area (Å²) < 4.78 is 12.6. The smallest absolute Gasteiger partial charge is 0.226 e. The van der Waals surface area contributed by atoms with Crippen LogP contribution < -0.4 is 5.73 Å². The lowest BCUT2D eigenvalue weighted by Crippen LogP contribution is -2.34. The Morgan fingerprint density at radius 1 is 1.48 bits per heavy atom. The third-order valence-corrected chi connectivity index (χ3v) is 4.29. The molecule has 0 amide bonds. The van der Waals surface area contributed by atoms with Crippen LogP contribution in [0.25, 0.3) is 0 Å². The van der Waals surface area contributed by atoms with Gasteiger partial charge in [0.1, 0.15) is 5.82 Å². The Hall–Kier alpha value is -1.93. The monoisotopic (exact) mass is 320 g/mol. The van der Waals surface area contributed by atoms with Crippen molar-refractivity contribution in [3.05, 3.63) is 24.0 Å². The summed E-state index contributed by atoms with van der Waals surface area (Å²) in [6.45, 7) is 4.59. The van der Waals surface area contributed by atoms with Crippen molar-refractivity contribution in [2.24, 2.45) is 0 Å². The largest absolute Gasteiger partial charge is 0.382 e. The molecule has 0 aromatic carbocycles. The van der Waals surface area contributed by atoms with Crippen LogP contribution in [0.4, 0.5) is 5.82 Å². The van der Waals surface area contributed by atoms with Crippen molar-refractivity contribution in [2.45, 2.75) is 44.9 Å². The third kappa shape index (κ3) is 4.08. The molecule has 3 heterocycles. The number of nitrogens with two attached hydrogens (primary N) is 1. The van der Waals surface area contributed by atoms with Gasteiger partial charge in [0.2, 0.25) is 5.89 Å². The summed E-state index contributed by atoms with van der Waals surface area (Å²) in [5.41, 5.74) is 5.69. The summed E-state index contributed by atoms with van der Waals surface area (Å²) in [4.78, 5) is 6.70. The molecule has 1 aliphatic heterocycles. The molecule has 2 aromatic heterocycles. The van der Waals surface area contributed by atoms with Crippen molar-refractivity contribution in [3.63, 3.8) is 0 Å². The predicted octanol–water partition coefficient (Wildman–Crippen LogP) is 0.879. The highest BCUT2D eigenvalue weighted by molar-refractivity contribution is 5.23. The lowest BCUT2D eigenvalue weighted by atomic mass is 10.2. The van der Waals surface area contributed by atoms with E-state index in [9.17, 15) is 0 Å². The number of aryl methyl sites for hydroxylation is 2. The molecule has 8 nitrogen and oxygen atoms in total. The van der Waals surface area contributed by atoms with Gasteiger partial charge >= 0.3 is 0 Å². The summed E-state index contributed by atoms with van der Waals surface area (Å²) in [5.74, 6) is 1.96. The Kier molecular flexibility index (Phi) is 4.92. The molecule has 1 fully saturated rings. The van der Waals surface area contributed by atoms with E-state index in [1.54, 1.807) is 7.11 Å². The molecule has 126 valence electrons. The first kappa shape index (κ1) is 15.9. The lowest BCUT2D eigenvalue weighted by Gasteiger charge is -2.23. The van der Waals surface area contributed by atoms with Gasteiger partial charge in [-0.05, 0) is 32.4 Å². The zero-order chi connectivity index (χ0) is 16.2. The molecule has 23 heavy (non-hydrogen) atoms. The van der Waals surface area contributed by atoms with Gasteiger partial charge in [0.25, 0.3) is 0 Å². The summed E-state index contributed by atoms with van der Waals surface area (Å²) in [5, 5.41) is 8.11. The lowest BCUT2D eigenvalue weighted by molar-refractivity contribution is 0.108. The Bertz CT molecular complexity index is 625. The molecule has 1 aliphatic rings. The molecule has 0 bridgehead atoms. The number of rotatable bonds is 7. The van der Waals surface area contributed by atoms with Gasteiger partial charge in [0.15, 0.2) is 5.82 Å². The number of likely N-dealkylation sites (tertiary alicyclic amines) is 1. The summed E-state index contributed by atoms with van der Waals surface area (Å²) >= 11 is 0. The first-order valence-electron chi connectivity index (χ1n) is 7.99. The molecular weight excluding hydrogens is 296 g/mol. The molecule has 0 unspecified atom stereocenters. The van der Waals surface area contributed by atoms with Crippen LogP contribution in [0.2, 0.25) is 0 Å². The maximum Gasteiger partial charge on any atom is 0.226 e. The number of nitrogens with zero attached hydrogens (tertiary/aromatic N) is 5. The van der Waals surface area contributed by atoms with Crippen molar-refractivity contribution in [1.82, 2.24) is 24.8 Å². The zero-order valence-electron chi connectivity index (χ0n) is 13.7. The van der Waals surface area contributed by atoms with Crippen LogP contribution in [0, 0.1) is 6.92 Å². The fraction of sp³-hybridized carbons (Fsp3) is 0.667. The fourth-order valence-corrected chi connectivity index (χ4v) is 3.14. The summed E-state index contributed by atoms with van der Waals surface area (Å²) in [7, 11) is 1.78. The Morgan fingerprint density at radius 3 is 3.00 bits per heavy atom. The molecule has 1 saturated heterocycles. The van der Waals surface area contributed by atoms with Crippen LogP contribution in [-0.4, -0.2) is 57.2 Å². The van der Waals surface area contributed by atoms with Gasteiger partial charge in [-0.25, -0.2) is 0 Å². The molecule has 2 atom stereocenters. The van der Waals surface area contributed by atoms with Gasteiger partial charge in [-0.1, -0.05) is 5.16 Å². The van der Waals surface area contributed by atoms with Gasteiger partial charge in [-0.3, -0.25) is 9.58 Å². The van der Waals surface area contributed by atoms with Crippen molar-refractivity contribution < 1.29 is 9.26 Å². The minimum atomic E-state index is 0.276. The normalized spacial score (nSPS) is 22.0. The molecule has 0 radical (unpaired) electrons. The minimum absolute atomic E-state index is 0.276. The second-order valence-electron chi connectivity index (χ2n) is 6.04. The number of anilines is 1. The van der Waals surface area contributed by atoms with E-state index in [1.165, 1.54) is 0 Å². The quantitative estimate of drug-likeness (QED) is 0.809. The van der Waals surface area contributed by atoms with E-state index in [-0.39, 0.29) is 6.10 Å². The molecule has 0 saturated carbocycles. The highest BCUT2D eigenvalue weighted by atomic mass is 16.5. The molecule has 0 aliphatic carbocycles. The number of hydrogen-bond donors (Lipinski definition) is 1. The summed E-state index contributed by atoms with van der Waals surface area (Å²) in [6.07, 6.45) is 5.00. The van der Waals surface area contributed by atoms with E-state index in [2.05, 4.69) is 20.1 Å². The average Bonchev–Trinajstić information content (AvgIpc) is 3.22. The van der Waals surface area contributed by atoms with Gasteiger partial charge in [-0.15, -0.1) is 0 Å². The highest BCUT2D eigenvalue weighted by Crippen LogP contribution is 2.22. The van der Waals surface area contributed by atoms with E-state index < -0.39 is 0 Å². The van der Waals surface area contributed by atoms with Gasteiger partial charge in [0.05, 0.1) is 12.6 Å². The molecule has 2 N–H and O–H groups in total. The fourth-order valence-electron chi connectivity index (χ4n) is 3.14. The molecule has 2 aromatic rings. The number of aromatic nitrogens is 4. The van der Waals surface area contributed by atoms with Crippen molar-refractivity contribution in [2.75, 3.05) is 25.9 Å². The van der Waals surface area contributed by atoms with Crippen LogP contribution in [0.15, 0.2) is 16.8 Å². The topological polar surface area (TPSA) is 95.2 Å². The zero-order valence-corrected chi connectivity index (χ0v) is 13.7. The maximum absolute atomic E-state index is 5.69. The van der Waals surface area contributed by atoms with Crippen molar-refractivity contribution in [1.29, 1.82) is 0 Å². The van der Waals surface area contributed by atoms with Crippen molar-refractivity contribution in [3.8, 4) is 0 Å². The van der Waals surface area contributed by atoms with Gasteiger partial charge < -0.3 is 15.0 Å². The number of hydrogen-bond acceptors (Lipinski definition) is 7. The van der Waals surface area contributed by atoms with E-state index in [0.717, 1.165) is 38.9 Å². The average molecular weight is 320 g/mol. The second-order valence-corrected chi connectivity index (χ2v) is 6.04. The van der Waals surface area contributed by atoms with E-state index in [0.29, 0.717) is 23.6 Å². The molecule has 3 rings (SSSR count). The van der Waals surface area contributed by atoms with Crippen LogP contribution in [0.5, 0.6) is 0 Å². The number of ether oxygens (including phenoxy) is 1.